The topological polar surface area (TPSA) is 104 Å². The quantitative estimate of drug-likeness (QED) is 0.472. The van der Waals surface area contributed by atoms with E-state index in [1.54, 1.807) is 70.2 Å². The Morgan fingerprint density at radius 3 is 2.00 bits per heavy atom. The number of aromatic carboxylic acids is 1. The van der Waals surface area contributed by atoms with Crippen molar-refractivity contribution in [2.24, 2.45) is 5.41 Å². The molecule has 1 aliphatic carbocycles. The van der Waals surface area contributed by atoms with E-state index in [1.165, 1.54) is 12.1 Å². The van der Waals surface area contributed by atoms with Gasteiger partial charge in [0.1, 0.15) is 17.5 Å². The van der Waals surface area contributed by atoms with Crippen LogP contribution in [0.25, 0.3) is 5.57 Å². The van der Waals surface area contributed by atoms with Crippen LogP contribution in [0.4, 0.5) is 0 Å². The number of rotatable bonds is 4. The fourth-order valence-electron chi connectivity index (χ4n) is 4.64. The van der Waals surface area contributed by atoms with E-state index in [9.17, 15) is 24.9 Å². The zero-order valence-electron chi connectivity index (χ0n) is 21.3. The molecule has 0 amide bonds. The van der Waals surface area contributed by atoms with E-state index >= 15 is 0 Å². The van der Waals surface area contributed by atoms with Crippen molar-refractivity contribution in [3.8, 4) is 0 Å². The van der Waals surface area contributed by atoms with Gasteiger partial charge in [0.25, 0.3) is 0 Å². The fraction of sp³-hybridized carbons (Fsp3) is 0.379. The normalized spacial score (nSPS) is 20.9. The van der Waals surface area contributed by atoms with Crippen molar-refractivity contribution in [2.75, 3.05) is 0 Å². The number of hydrogen-bond acceptors (Lipinski definition) is 5. The molecule has 0 bridgehead atoms. The average Bonchev–Trinajstić information content (AvgIpc) is 2.75. The molecule has 3 N–H and O–H groups in total. The van der Waals surface area contributed by atoms with Gasteiger partial charge in [0, 0.05) is 0 Å². The van der Waals surface area contributed by atoms with Crippen LogP contribution < -0.4 is 0 Å². The largest absolute Gasteiger partial charge is 0.509 e. The first-order chi connectivity index (χ1) is 16.1. The summed E-state index contributed by atoms with van der Waals surface area (Å²) in [4.78, 5) is 25.5. The molecule has 2 atom stereocenters. The van der Waals surface area contributed by atoms with Gasteiger partial charge in [-0.25, -0.2) is 9.59 Å². The van der Waals surface area contributed by atoms with Crippen LogP contribution in [0, 0.1) is 5.41 Å². The molecule has 2 aromatic rings. The molecule has 2 aromatic carbocycles. The zero-order chi connectivity index (χ0) is 26.3. The Kier molecular flexibility index (Phi) is 6.75. The van der Waals surface area contributed by atoms with Crippen molar-refractivity contribution in [2.45, 2.75) is 65.6 Å². The van der Waals surface area contributed by atoms with Crippen molar-refractivity contribution < 1.29 is 29.6 Å². The summed E-state index contributed by atoms with van der Waals surface area (Å²) in [6.07, 6.45) is 0.0743. The molecule has 6 nitrogen and oxygen atoms in total. The molecule has 0 saturated carbocycles. The first kappa shape index (κ1) is 26.2. The number of ether oxygens (including phenoxy) is 1. The number of aliphatic hydroxyl groups excluding tert-OH is 2. The van der Waals surface area contributed by atoms with Gasteiger partial charge >= 0.3 is 11.9 Å². The highest BCUT2D eigenvalue weighted by Gasteiger charge is 2.49. The van der Waals surface area contributed by atoms with Crippen LogP contribution in [-0.4, -0.2) is 39.0 Å². The Balaban J connectivity index is 2.46. The average molecular weight is 479 g/mol. The molecule has 35 heavy (non-hydrogen) atoms. The molecule has 0 spiro atoms. The van der Waals surface area contributed by atoms with Crippen LogP contribution in [-0.2, 0) is 10.2 Å². The van der Waals surface area contributed by atoms with E-state index in [0.29, 0.717) is 22.3 Å². The number of carbonyl (C=O) groups excluding carboxylic acids is 1. The van der Waals surface area contributed by atoms with Gasteiger partial charge in [0.2, 0.25) is 0 Å². The molecule has 0 saturated heterocycles. The number of hydrogen-bond donors (Lipinski definition) is 3. The molecule has 0 radical (unpaired) electrons. The minimum absolute atomic E-state index is 0.0622. The van der Waals surface area contributed by atoms with Crippen molar-refractivity contribution >= 4 is 17.5 Å². The third kappa shape index (κ3) is 4.89. The zero-order valence-corrected chi connectivity index (χ0v) is 21.3. The predicted molar refractivity (Wildman–Crippen MR) is 135 cm³/mol. The Hall–Kier alpha value is -3.38. The molecule has 0 aliphatic heterocycles. The molecule has 3 rings (SSSR count). The summed E-state index contributed by atoms with van der Waals surface area (Å²) in [5.41, 5.74) is -0.321. The first-order valence-electron chi connectivity index (χ1n) is 11.6. The molecule has 0 fully saturated rings. The maximum atomic E-state index is 13.3. The summed E-state index contributed by atoms with van der Waals surface area (Å²) in [5, 5.41) is 32.4. The summed E-state index contributed by atoms with van der Waals surface area (Å²) in [6, 6.07) is 13.4. The van der Waals surface area contributed by atoms with Gasteiger partial charge < -0.3 is 20.1 Å². The molecule has 2 unspecified atom stereocenters. The van der Waals surface area contributed by atoms with E-state index in [1.807, 2.05) is 20.8 Å². The highest BCUT2D eigenvalue weighted by atomic mass is 16.6. The molecule has 1 aliphatic rings. The monoisotopic (exact) mass is 478 g/mol. The second-order valence-electron chi connectivity index (χ2n) is 11.1. The fourth-order valence-corrected chi connectivity index (χ4v) is 4.64. The van der Waals surface area contributed by atoms with E-state index in [4.69, 9.17) is 4.74 Å². The number of aliphatic hydroxyl groups is 2. The maximum absolute atomic E-state index is 13.3. The lowest BCUT2D eigenvalue weighted by atomic mass is 9.60. The predicted octanol–water partition coefficient (Wildman–Crippen LogP) is 5.91. The van der Waals surface area contributed by atoms with Crippen molar-refractivity contribution in [3.63, 3.8) is 0 Å². The Morgan fingerprint density at radius 2 is 1.46 bits per heavy atom. The number of carbonyl (C=O) groups is 2. The second kappa shape index (κ2) is 9.00. The molecular weight excluding hydrogens is 444 g/mol. The van der Waals surface area contributed by atoms with Crippen LogP contribution in [0.15, 0.2) is 65.9 Å². The molecule has 0 heterocycles. The van der Waals surface area contributed by atoms with Gasteiger partial charge in [-0.05, 0) is 73.6 Å². The lowest BCUT2D eigenvalue weighted by Gasteiger charge is -2.44. The van der Waals surface area contributed by atoms with Gasteiger partial charge in [-0.2, -0.15) is 0 Å². The summed E-state index contributed by atoms with van der Waals surface area (Å²) >= 11 is 0. The number of allylic oxidation sites excluding steroid dienone is 2. The number of carboxylic acid groups (broad SMARTS) is 1. The summed E-state index contributed by atoms with van der Waals surface area (Å²) < 4.78 is 5.65. The van der Waals surface area contributed by atoms with Gasteiger partial charge in [-0.3, -0.25) is 0 Å². The van der Waals surface area contributed by atoms with Crippen LogP contribution in [0.5, 0.6) is 0 Å². The van der Waals surface area contributed by atoms with Crippen LogP contribution >= 0.6 is 0 Å². The number of benzene rings is 2. The van der Waals surface area contributed by atoms with Crippen LogP contribution in [0.3, 0.4) is 0 Å². The summed E-state index contributed by atoms with van der Waals surface area (Å²) in [5.74, 6) is -1.94. The second-order valence-corrected chi connectivity index (χ2v) is 11.1. The lowest BCUT2D eigenvalue weighted by molar-refractivity contribution is 0.00648. The van der Waals surface area contributed by atoms with Crippen LogP contribution in [0.2, 0.25) is 0 Å². The Morgan fingerprint density at radius 1 is 0.914 bits per heavy atom. The maximum Gasteiger partial charge on any atom is 0.338 e. The van der Waals surface area contributed by atoms with Gasteiger partial charge in [-0.15, -0.1) is 0 Å². The molecule has 0 aromatic heterocycles. The Labute approximate surface area is 206 Å². The van der Waals surface area contributed by atoms with Crippen molar-refractivity contribution in [1.82, 2.24) is 0 Å². The highest BCUT2D eigenvalue weighted by molar-refractivity contribution is 5.99. The Bertz CT molecular complexity index is 1220. The first-order valence-corrected chi connectivity index (χ1v) is 11.6. The minimum Gasteiger partial charge on any atom is -0.509 e. The highest BCUT2D eigenvalue weighted by Crippen LogP contribution is 2.52. The van der Waals surface area contributed by atoms with E-state index in [2.05, 4.69) is 0 Å². The minimum atomic E-state index is -1.44. The van der Waals surface area contributed by atoms with Gasteiger partial charge in [0.15, 0.2) is 0 Å². The summed E-state index contributed by atoms with van der Waals surface area (Å²) in [7, 11) is 0. The van der Waals surface area contributed by atoms with Crippen molar-refractivity contribution in [1.29, 1.82) is 0 Å². The van der Waals surface area contributed by atoms with Crippen LogP contribution in [0.1, 0.15) is 80.3 Å². The van der Waals surface area contributed by atoms with Gasteiger partial charge in [0.05, 0.1) is 16.5 Å². The smallest absolute Gasteiger partial charge is 0.338 e. The number of carboxylic acids is 1. The molecule has 186 valence electrons. The van der Waals surface area contributed by atoms with Gasteiger partial charge in [-0.1, -0.05) is 57.2 Å². The number of esters is 1. The molecule has 6 heteroatoms. The SMILES string of the molecule is CC(C)(C)OC(=O)c1ccccc1C1(C)C(c2ccccc2C(=O)O)=C(C(C)(C)C)C=C(O)C1O. The standard InChI is InChI=1S/C29H34O6/c1-27(2,3)21-16-22(30)24(31)29(7,23(21)17-12-8-9-13-18(17)25(32)33)20-15-11-10-14-19(20)26(34)35-28(4,5)6/h8-16,24,30-31H,1-7H3,(H,32,33). The lowest BCUT2D eigenvalue weighted by Crippen LogP contribution is -2.44. The van der Waals surface area contributed by atoms with E-state index in [0.717, 1.165) is 0 Å². The molecular formula is C29H34O6. The van der Waals surface area contributed by atoms with E-state index < -0.39 is 34.5 Å². The third-order valence-electron chi connectivity index (χ3n) is 6.25. The van der Waals surface area contributed by atoms with Crippen molar-refractivity contribution in [3.05, 3.63) is 88.2 Å². The third-order valence-corrected chi connectivity index (χ3v) is 6.25. The summed E-state index contributed by atoms with van der Waals surface area (Å²) in [6.45, 7) is 12.9. The van der Waals surface area contributed by atoms with E-state index in [-0.39, 0.29) is 16.9 Å².